The zero-order valence-electron chi connectivity index (χ0n) is 30.2. The molecule has 3 atom stereocenters. The number of nitrogens with zero attached hydrogens (tertiary/aromatic N) is 4. The number of nitrogens with two attached hydrogens (primary N) is 1. The number of allylic oxidation sites excluding steroid dienone is 1. The Balaban J connectivity index is 0.00000118. The van der Waals surface area contributed by atoms with Crippen molar-refractivity contribution in [3.05, 3.63) is 48.5 Å². The number of nitrogen functional groups attached to an aromatic ring is 1. The van der Waals surface area contributed by atoms with Crippen LogP contribution in [0.15, 0.2) is 42.8 Å². The molecule has 4 N–H and O–H groups in total. The predicted octanol–water partition coefficient (Wildman–Crippen LogP) is 9.57. The van der Waals surface area contributed by atoms with Crippen LogP contribution in [0, 0.1) is 11.8 Å². The molecule has 2 aromatic rings. The van der Waals surface area contributed by atoms with E-state index in [2.05, 4.69) is 30.2 Å². The molecule has 12 heteroatoms. The Hall–Kier alpha value is -2.58. The molecule has 2 aromatic heterocycles. The number of aliphatic hydroxyl groups is 1. The molecule has 3 rings (SSSR count). The minimum atomic E-state index is -4.08. The fraction of sp³-hybridized carbons (Fsp3) is 0.703. The van der Waals surface area contributed by atoms with Gasteiger partial charge in [0.2, 0.25) is 0 Å². The number of aromatic nitrogens is 3. The summed E-state index contributed by atoms with van der Waals surface area (Å²) < 4.78 is 30.5. The summed E-state index contributed by atoms with van der Waals surface area (Å²) in [6, 6.07) is 3.79. The summed E-state index contributed by atoms with van der Waals surface area (Å²) in [6.07, 6.45) is 28.0. The van der Waals surface area contributed by atoms with Crippen molar-refractivity contribution in [2.75, 3.05) is 25.6 Å². The third-order valence-electron chi connectivity index (χ3n) is 8.69. The first-order valence-electron chi connectivity index (χ1n) is 18.3. The number of hydrogen-bond donors (Lipinski definition) is 3. The van der Waals surface area contributed by atoms with E-state index in [4.69, 9.17) is 29.9 Å². The number of ether oxygens (including phenoxy) is 1. The molecule has 0 aromatic carbocycles. The quantitative estimate of drug-likeness (QED) is 0.0514. The number of fused-ring (bicyclic) bond motifs is 1. The van der Waals surface area contributed by atoms with Crippen molar-refractivity contribution < 1.29 is 28.3 Å². The van der Waals surface area contributed by atoms with Gasteiger partial charge in [0.05, 0.1) is 31.6 Å². The first kappa shape index (κ1) is 44.4. The number of phosphoric ester groups is 1. The van der Waals surface area contributed by atoms with E-state index in [-0.39, 0.29) is 32.0 Å². The van der Waals surface area contributed by atoms with Gasteiger partial charge in [-0.25, -0.2) is 19.3 Å². The van der Waals surface area contributed by atoms with Crippen LogP contribution < -0.4 is 5.73 Å². The molecule has 3 heterocycles. The third-order valence-corrected chi connectivity index (χ3v) is 9.67. The van der Waals surface area contributed by atoms with Crippen molar-refractivity contribution in [2.24, 2.45) is 0 Å². The monoisotopic (exact) mass is 705 g/mol. The number of hydrogen-bond acceptors (Lipinski definition) is 9. The molecule has 3 unspecified atom stereocenters. The van der Waals surface area contributed by atoms with Gasteiger partial charge in [-0.3, -0.25) is 9.05 Å². The second-order valence-electron chi connectivity index (χ2n) is 12.5. The molecule has 49 heavy (non-hydrogen) atoms. The number of nitriles is 1. The second-order valence-corrected chi connectivity index (χ2v) is 14.0. The van der Waals surface area contributed by atoms with Gasteiger partial charge in [-0.1, -0.05) is 128 Å². The number of unbranched alkanes of at least 4 members (excludes halogenated alkanes) is 16. The Kier molecular flexibility index (Phi) is 25.5. The average Bonchev–Trinajstić information content (AvgIpc) is 3.77. The maximum Gasteiger partial charge on any atom is 0.472 e. The summed E-state index contributed by atoms with van der Waals surface area (Å²) >= 11 is 0. The minimum Gasteiger partial charge on any atom is -0.392 e. The van der Waals surface area contributed by atoms with Crippen LogP contribution in [0.1, 0.15) is 148 Å². The summed E-state index contributed by atoms with van der Waals surface area (Å²) in [5.41, 5.74) is 8.40. The number of rotatable bonds is 25. The Morgan fingerprint density at radius 2 is 1.55 bits per heavy atom. The Morgan fingerprint density at radius 1 is 1.00 bits per heavy atom. The van der Waals surface area contributed by atoms with Crippen LogP contribution in [0.4, 0.5) is 5.82 Å². The highest BCUT2D eigenvalue weighted by molar-refractivity contribution is 7.47. The van der Waals surface area contributed by atoms with Gasteiger partial charge < -0.3 is 20.5 Å². The minimum absolute atomic E-state index is 0.0176. The Bertz CT molecular complexity index is 1240. The van der Waals surface area contributed by atoms with Gasteiger partial charge in [0.25, 0.3) is 0 Å². The highest BCUT2D eigenvalue weighted by atomic mass is 31.2. The fourth-order valence-corrected chi connectivity index (χ4v) is 6.55. The lowest BCUT2D eigenvalue weighted by Crippen LogP contribution is -2.15. The smallest absolute Gasteiger partial charge is 0.392 e. The Labute approximate surface area is 295 Å². The van der Waals surface area contributed by atoms with Gasteiger partial charge in [0.1, 0.15) is 17.9 Å². The summed E-state index contributed by atoms with van der Waals surface area (Å²) in [5.74, 6) is 0.414. The Morgan fingerprint density at radius 3 is 2.04 bits per heavy atom. The largest absolute Gasteiger partial charge is 0.472 e. The van der Waals surface area contributed by atoms with Crippen LogP contribution >= 0.6 is 7.82 Å². The van der Waals surface area contributed by atoms with E-state index < -0.39 is 7.82 Å². The van der Waals surface area contributed by atoms with Crippen LogP contribution in [0.2, 0.25) is 0 Å². The molecule has 1 aliphatic heterocycles. The van der Waals surface area contributed by atoms with Gasteiger partial charge in [-0.15, -0.1) is 0 Å². The van der Waals surface area contributed by atoms with E-state index in [1.165, 1.54) is 96.2 Å². The van der Waals surface area contributed by atoms with E-state index in [9.17, 15) is 9.46 Å². The van der Waals surface area contributed by atoms with E-state index in [1.807, 2.05) is 25.1 Å². The maximum absolute atomic E-state index is 12.3. The normalized spacial score (nSPS) is 17.1. The molecule has 1 fully saturated rings. The fourth-order valence-electron chi connectivity index (χ4n) is 5.76. The van der Waals surface area contributed by atoms with Gasteiger partial charge in [-0.2, -0.15) is 5.10 Å². The number of anilines is 1. The van der Waals surface area contributed by atoms with Crippen molar-refractivity contribution in [2.45, 2.75) is 148 Å². The first-order chi connectivity index (χ1) is 23.8. The van der Waals surface area contributed by atoms with Gasteiger partial charge >= 0.3 is 7.82 Å². The average molecular weight is 706 g/mol. The summed E-state index contributed by atoms with van der Waals surface area (Å²) in [4.78, 5) is 14.1. The lowest BCUT2D eigenvalue weighted by atomic mass is 10.0. The second kappa shape index (κ2) is 28.2. The van der Waals surface area contributed by atoms with Crippen LogP contribution in [-0.2, 0) is 18.3 Å². The van der Waals surface area contributed by atoms with Gasteiger partial charge in [0, 0.05) is 6.57 Å². The molecule has 0 saturated carbocycles. The lowest BCUT2D eigenvalue weighted by molar-refractivity contribution is 0.00485. The van der Waals surface area contributed by atoms with E-state index in [1.54, 1.807) is 10.6 Å². The van der Waals surface area contributed by atoms with Crippen molar-refractivity contribution in [1.82, 2.24) is 14.6 Å². The molecule has 0 aliphatic carbocycles. The summed E-state index contributed by atoms with van der Waals surface area (Å²) in [5, 5.41) is 19.1. The molecule has 1 aliphatic rings. The molecular weight excluding hydrogens is 641 g/mol. The molecule has 0 bridgehead atoms. The maximum atomic E-state index is 12.3. The van der Waals surface area contributed by atoms with Crippen LogP contribution in [-0.4, -0.2) is 50.5 Å². The summed E-state index contributed by atoms with van der Waals surface area (Å²) in [7, 11) is -4.08. The number of phosphoric acid groups is 1. The molecule has 0 spiro atoms. The third kappa shape index (κ3) is 19.4. The van der Waals surface area contributed by atoms with Crippen LogP contribution in [0.25, 0.3) is 5.52 Å². The molecule has 1 saturated heterocycles. The number of aliphatic hydroxyl groups excluding tert-OH is 1. The highest BCUT2D eigenvalue weighted by Crippen LogP contribution is 2.45. The standard InChI is InChI=1S/C30H53N4O5P.C6H10O.CHN/c1-2-3-4-5-6-7-8-9-10-11-12-13-14-15-16-17-18-23-37-40(35,36)38-24-26-19-22-29(39-26)27-20-21-28-30(31)32-25-33-34(27)28;1-3-6(4-2)5-7;1-2/h20-21,25-26,29H,2-19,22-24H2,1H3,(H,35,36)(H2,31,32,33);3-4,7H,1,5H2,2H3;1H/b;6-4+;. The van der Waals surface area contributed by atoms with Gasteiger partial charge in [0.15, 0.2) is 5.82 Å². The van der Waals surface area contributed by atoms with Crippen molar-refractivity contribution in [3.8, 4) is 6.57 Å². The zero-order chi connectivity index (χ0) is 36.2. The van der Waals surface area contributed by atoms with E-state index in [0.29, 0.717) is 5.82 Å². The van der Waals surface area contributed by atoms with Crippen molar-refractivity contribution >= 4 is 19.2 Å². The van der Waals surface area contributed by atoms with E-state index >= 15 is 0 Å². The molecule has 278 valence electrons. The van der Waals surface area contributed by atoms with Gasteiger partial charge in [-0.05, 0) is 43.9 Å². The van der Waals surface area contributed by atoms with Crippen LogP contribution in [0.3, 0.4) is 0 Å². The molecule has 0 amide bonds. The van der Waals surface area contributed by atoms with Crippen molar-refractivity contribution in [3.63, 3.8) is 0 Å². The highest BCUT2D eigenvalue weighted by Gasteiger charge is 2.31. The topological polar surface area (TPSA) is 165 Å². The molecule has 0 radical (unpaired) electrons. The predicted molar refractivity (Wildman–Crippen MR) is 198 cm³/mol. The first-order valence-corrected chi connectivity index (χ1v) is 19.8. The molecular formula is C37H64N5O6P. The molecule has 11 nitrogen and oxygen atoms in total. The van der Waals surface area contributed by atoms with E-state index in [0.717, 1.165) is 48.9 Å². The lowest BCUT2D eigenvalue weighted by Gasteiger charge is -2.16. The van der Waals surface area contributed by atoms with Crippen molar-refractivity contribution in [1.29, 1.82) is 5.26 Å². The zero-order valence-corrected chi connectivity index (χ0v) is 31.1. The summed E-state index contributed by atoms with van der Waals surface area (Å²) in [6.45, 7) is 11.5. The SMILES string of the molecule is C#N.C=C/C(=C\C)CO.CCCCCCCCCCCCCCCCCCCOP(=O)(O)OCC1CCC(c2ccc3c(N)ncnn23)O1. The van der Waals surface area contributed by atoms with Crippen LogP contribution in [0.5, 0.6) is 0 Å².